The molecule has 1 N–H and O–H groups in total. The van der Waals surface area contributed by atoms with Gasteiger partial charge in [0.2, 0.25) is 5.91 Å². The molecule has 1 saturated heterocycles. The van der Waals surface area contributed by atoms with Crippen LogP contribution in [0.1, 0.15) is 19.8 Å². The highest BCUT2D eigenvalue weighted by atomic mass is 32.2. The van der Waals surface area contributed by atoms with Crippen molar-refractivity contribution in [2.24, 2.45) is 5.92 Å². The second-order valence-electron chi connectivity index (χ2n) is 4.28. The van der Waals surface area contributed by atoms with Crippen LogP contribution in [0.4, 0.5) is 0 Å². The molecule has 1 aliphatic heterocycles. The van der Waals surface area contributed by atoms with E-state index in [0.29, 0.717) is 11.9 Å². The summed E-state index contributed by atoms with van der Waals surface area (Å²) in [5.74, 6) is 1.60. The summed E-state index contributed by atoms with van der Waals surface area (Å²) in [6.45, 7) is 4.10. The van der Waals surface area contributed by atoms with Crippen molar-refractivity contribution in [3.63, 3.8) is 0 Å². The number of hydrogen-bond acceptors (Lipinski definition) is 3. The van der Waals surface area contributed by atoms with Crippen LogP contribution in [0, 0.1) is 5.92 Å². The van der Waals surface area contributed by atoms with Crippen molar-refractivity contribution in [2.75, 3.05) is 32.1 Å². The molecule has 1 fully saturated rings. The molecule has 0 saturated carbocycles. The van der Waals surface area contributed by atoms with E-state index in [1.54, 1.807) is 11.8 Å². The van der Waals surface area contributed by atoms with Gasteiger partial charge in [-0.1, -0.05) is 0 Å². The lowest BCUT2D eigenvalue weighted by molar-refractivity contribution is -0.136. The molecular formula is C11H22N2OS. The standard InChI is InChI=1S/C11H22N2OS/c1-9(8-15-3)13(2)11(14)10-4-6-12-7-5-10/h9-10,12H,4-8H2,1-3H3. The number of rotatable bonds is 4. The maximum absolute atomic E-state index is 12.1. The van der Waals surface area contributed by atoms with E-state index in [1.165, 1.54) is 0 Å². The van der Waals surface area contributed by atoms with Gasteiger partial charge in [-0.05, 0) is 39.1 Å². The van der Waals surface area contributed by atoms with Gasteiger partial charge in [0, 0.05) is 24.8 Å². The number of amides is 1. The predicted octanol–water partition coefficient (Wildman–Crippen LogP) is 1.20. The Morgan fingerprint density at radius 2 is 2.13 bits per heavy atom. The number of piperidine rings is 1. The van der Waals surface area contributed by atoms with Crippen LogP contribution in [-0.2, 0) is 4.79 Å². The number of nitrogens with one attached hydrogen (secondary N) is 1. The van der Waals surface area contributed by atoms with E-state index in [9.17, 15) is 4.79 Å². The average molecular weight is 230 g/mol. The Kier molecular flexibility index (Phi) is 5.47. The second kappa shape index (κ2) is 6.38. The summed E-state index contributed by atoms with van der Waals surface area (Å²) >= 11 is 1.80. The van der Waals surface area contributed by atoms with E-state index in [2.05, 4.69) is 18.5 Å². The summed E-state index contributed by atoms with van der Waals surface area (Å²) in [5, 5.41) is 3.29. The fourth-order valence-electron chi connectivity index (χ4n) is 1.93. The smallest absolute Gasteiger partial charge is 0.225 e. The van der Waals surface area contributed by atoms with E-state index in [-0.39, 0.29) is 5.92 Å². The first-order valence-corrected chi connectivity index (χ1v) is 7.02. The van der Waals surface area contributed by atoms with Gasteiger partial charge in [-0.25, -0.2) is 0 Å². The van der Waals surface area contributed by atoms with E-state index >= 15 is 0 Å². The molecule has 0 radical (unpaired) electrons. The molecule has 1 aliphatic rings. The molecule has 1 amide bonds. The molecule has 0 aromatic rings. The van der Waals surface area contributed by atoms with Crippen molar-refractivity contribution < 1.29 is 4.79 Å². The van der Waals surface area contributed by atoms with Crippen LogP contribution in [0.2, 0.25) is 0 Å². The van der Waals surface area contributed by atoms with Crippen LogP contribution in [0.5, 0.6) is 0 Å². The van der Waals surface area contributed by atoms with Crippen LogP contribution in [0.25, 0.3) is 0 Å². The first kappa shape index (κ1) is 12.8. The topological polar surface area (TPSA) is 32.3 Å². The fraction of sp³-hybridized carbons (Fsp3) is 0.909. The highest BCUT2D eigenvalue weighted by molar-refractivity contribution is 7.98. The van der Waals surface area contributed by atoms with Crippen LogP contribution < -0.4 is 5.32 Å². The molecule has 4 heteroatoms. The highest BCUT2D eigenvalue weighted by Gasteiger charge is 2.25. The molecule has 15 heavy (non-hydrogen) atoms. The summed E-state index contributed by atoms with van der Waals surface area (Å²) in [6.07, 6.45) is 4.07. The van der Waals surface area contributed by atoms with Gasteiger partial charge in [0.25, 0.3) is 0 Å². The fourth-order valence-corrected chi connectivity index (χ4v) is 2.63. The van der Waals surface area contributed by atoms with Crippen LogP contribution in [-0.4, -0.2) is 49.0 Å². The SMILES string of the molecule is CSCC(C)N(C)C(=O)C1CCNCC1. The predicted molar refractivity (Wildman–Crippen MR) is 66.2 cm³/mol. The van der Waals surface area contributed by atoms with Gasteiger partial charge in [0.15, 0.2) is 0 Å². The third-order valence-electron chi connectivity index (χ3n) is 3.11. The van der Waals surface area contributed by atoms with E-state index in [0.717, 1.165) is 31.7 Å². The van der Waals surface area contributed by atoms with Crippen molar-refractivity contribution in [3.05, 3.63) is 0 Å². The minimum Gasteiger partial charge on any atom is -0.342 e. The molecule has 1 atom stereocenters. The Balaban J connectivity index is 2.43. The molecule has 1 heterocycles. The maximum atomic E-state index is 12.1. The van der Waals surface area contributed by atoms with Gasteiger partial charge in [-0.2, -0.15) is 11.8 Å². The number of carbonyl (C=O) groups excluding carboxylic acids is 1. The van der Waals surface area contributed by atoms with Crippen molar-refractivity contribution >= 4 is 17.7 Å². The highest BCUT2D eigenvalue weighted by Crippen LogP contribution is 2.16. The zero-order valence-electron chi connectivity index (χ0n) is 9.95. The molecule has 1 rings (SSSR count). The van der Waals surface area contributed by atoms with Crippen molar-refractivity contribution in [3.8, 4) is 0 Å². The third-order valence-corrected chi connectivity index (χ3v) is 3.92. The molecule has 0 aromatic carbocycles. The van der Waals surface area contributed by atoms with Crippen molar-refractivity contribution in [2.45, 2.75) is 25.8 Å². The second-order valence-corrected chi connectivity index (χ2v) is 5.19. The largest absolute Gasteiger partial charge is 0.342 e. The third kappa shape index (κ3) is 3.68. The summed E-state index contributed by atoms with van der Waals surface area (Å²) in [4.78, 5) is 14.0. The van der Waals surface area contributed by atoms with E-state index in [1.807, 2.05) is 11.9 Å². The van der Waals surface area contributed by atoms with Gasteiger partial charge in [0.05, 0.1) is 0 Å². The lowest BCUT2D eigenvalue weighted by Crippen LogP contribution is -2.43. The number of carbonyl (C=O) groups is 1. The van der Waals surface area contributed by atoms with Gasteiger partial charge in [-0.15, -0.1) is 0 Å². The number of thioether (sulfide) groups is 1. The molecular weight excluding hydrogens is 208 g/mol. The average Bonchev–Trinajstić information content (AvgIpc) is 2.28. The van der Waals surface area contributed by atoms with Crippen LogP contribution >= 0.6 is 11.8 Å². The van der Waals surface area contributed by atoms with Crippen LogP contribution in [0.15, 0.2) is 0 Å². The first-order valence-electron chi connectivity index (χ1n) is 5.63. The Bertz CT molecular complexity index is 205. The molecule has 0 bridgehead atoms. The maximum Gasteiger partial charge on any atom is 0.225 e. The van der Waals surface area contributed by atoms with Gasteiger partial charge >= 0.3 is 0 Å². The minimum atomic E-state index is 0.251. The van der Waals surface area contributed by atoms with Crippen molar-refractivity contribution in [1.29, 1.82) is 0 Å². The van der Waals surface area contributed by atoms with Gasteiger partial charge in [-0.3, -0.25) is 4.79 Å². The lowest BCUT2D eigenvalue weighted by Gasteiger charge is -2.30. The summed E-state index contributed by atoms with van der Waals surface area (Å²) in [7, 11) is 1.94. The Labute approximate surface area is 97.0 Å². The molecule has 1 unspecified atom stereocenters. The quantitative estimate of drug-likeness (QED) is 0.787. The normalized spacial score (nSPS) is 19.9. The lowest BCUT2D eigenvalue weighted by atomic mass is 9.96. The van der Waals surface area contributed by atoms with Gasteiger partial charge in [0.1, 0.15) is 0 Å². The first-order chi connectivity index (χ1) is 7.16. The summed E-state index contributed by atoms with van der Waals surface area (Å²) < 4.78 is 0. The van der Waals surface area contributed by atoms with E-state index in [4.69, 9.17) is 0 Å². The monoisotopic (exact) mass is 230 g/mol. The van der Waals surface area contributed by atoms with Crippen molar-refractivity contribution in [1.82, 2.24) is 10.2 Å². The van der Waals surface area contributed by atoms with Gasteiger partial charge < -0.3 is 10.2 Å². The summed E-state index contributed by atoms with van der Waals surface area (Å²) in [5.41, 5.74) is 0. The molecule has 0 aromatic heterocycles. The zero-order valence-corrected chi connectivity index (χ0v) is 10.8. The van der Waals surface area contributed by atoms with E-state index < -0.39 is 0 Å². The Morgan fingerprint density at radius 1 is 1.53 bits per heavy atom. The molecule has 0 aliphatic carbocycles. The molecule has 0 spiro atoms. The summed E-state index contributed by atoms with van der Waals surface area (Å²) in [6, 6.07) is 0.349. The Hall–Kier alpha value is -0.220. The Morgan fingerprint density at radius 3 is 2.67 bits per heavy atom. The molecule has 3 nitrogen and oxygen atoms in total. The number of nitrogens with zero attached hydrogens (tertiary/aromatic N) is 1. The number of hydrogen-bond donors (Lipinski definition) is 1. The van der Waals surface area contributed by atoms with Crippen LogP contribution in [0.3, 0.4) is 0 Å². The zero-order chi connectivity index (χ0) is 11.3. The molecule has 88 valence electrons. The minimum absolute atomic E-state index is 0.251.